The normalized spacial score (nSPS) is 9.69. The first-order chi connectivity index (χ1) is 7.81. The minimum absolute atomic E-state index is 0.261. The molecule has 2 nitrogen and oxygen atoms in total. The molecular formula is C14H11NO. The number of hydrogen-bond acceptors (Lipinski definition) is 2. The molecule has 0 heterocycles. The van der Waals surface area contributed by atoms with Crippen LogP contribution in [0.5, 0.6) is 5.75 Å². The highest BCUT2D eigenvalue weighted by molar-refractivity contribution is 5.70. The van der Waals surface area contributed by atoms with Crippen molar-refractivity contribution in [2.24, 2.45) is 0 Å². The number of nitrogens with zero attached hydrogens (tertiary/aromatic N) is 1. The molecule has 0 aromatic heterocycles. The van der Waals surface area contributed by atoms with E-state index in [1.807, 2.05) is 36.4 Å². The van der Waals surface area contributed by atoms with Crippen LogP contribution in [0.15, 0.2) is 48.5 Å². The van der Waals surface area contributed by atoms with Crippen LogP contribution in [0, 0.1) is 11.3 Å². The molecule has 0 aliphatic rings. The summed E-state index contributed by atoms with van der Waals surface area (Å²) < 4.78 is 0. The third kappa shape index (κ3) is 2.04. The second-order valence-corrected chi connectivity index (χ2v) is 3.55. The lowest BCUT2D eigenvalue weighted by atomic mass is 10.0. The first-order valence-electron chi connectivity index (χ1n) is 5.05. The van der Waals surface area contributed by atoms with Gasteiger partial charge < -0.3 is 5.11 Å². The van der Waals surface area contributed by atoms with E-state index in [0.29, 0.717) is 6.42 Å². The predicted molar refractivity (Wildman–Crippen MR) is 62.9 cm³/mol. The molecule has 0 unspecified atom stereocenters. The third-order valence-corrected chi connectivity index (χ3v) is 2.43. The maximum absolute atomic E-state index is 9.72. The maximum Gasteiger partial charge on any atom is 0.123 e. The molecule has 2 rings (SSSR count). The SMILES string of the molecule is N#CCc1cccc(-c2ccccc2O)c1. The highest BCUT2D eigenvalue weighted by atomic mass is 16.3. The van der Waals surface area contributed by atoms with Crippen LogP contribution < -0.4 is 0 Å². The number of phenolic OH excluding ortho intramolecular Hbond substituents is 1. The Morgan fingerprint density at radius 2 is 1.88 bits per heavy atom. The van der Waals surface area contributed by atoms with Crippen LogP contribution in [0.3, 0.4) is 0 Å². The maximum atomic E-state index is 9.72. The molecule has 16 heavy (non-hydrogen) atoms. The smallest absolute Gasteiger partial charge is 0.123 e. The van der Waals surface area contributed by atoms with Gasteiger partial charge in [0.05, 0.1) is 12.5 Å². The zero-order valence-electron chi connectivity index (χ0n) is 8.72. The Balaban J connectivity index is 2.45. The minimum Gasteiger partial charge on any atom is -0.507 e. The summed E-state index contributed by atoms with van der Waals surface area (Å²) in [6.45, 7) is 0. The average Bonchev–Trinajstić information content (AvgIpc) is 2.30. The average molecular weight is 209 g/mol. The van der Waals surface area contributed by atoms with Crippen molar-refractivity contribution in [3.63, 3.8) is 0 Å². The van der Waals surface area contributed by atoms with Crippen molar-refractivity contribution < 1.29 is 5.11 Å². The predicted octanol–water partition coefficient (Wildman–Crippen LogP) is 3.13. The van der Waals surface area contributed by atoms with E-state index in [0.717, 1.165) is 16.7 Å². The summed E-state index contributed by atoms with van der Waals surface area (Å²) in [7, 11) is 0. The van der Waals surface area contributed by atoms with Crippen molar-refractivity contribution in [3.05, 3.63) is 54.1 Å². The van der Waals surface area contributed by atoms with Crippen LogP contribution in [-0.2, 0) is 6.42 Å². The van der Waals surface area contributed by atoms with Gasteiger partial charge >= 0.3 is 0 Å². The van der Waals surface area contributed by atoms with E-state index >= 15 is 0 Å². The van der Waals surface area contributed by atoms with Crippen LogP contribution in [0.25, 0.3) is 11.1 Å². The van der Waals surface area contributed by atoms with Crippen LogP contribution >= 0.6 is 0 Å². The summed E-state index contributed by atoms with van der Waals surface area (Å²) in [4.78, 5) is 0. The van der Waals surface area contributed by atoms with Gasteiger partial charge in [-0.2, -0.15) is 5.26 Å². The zero-order valence-corrected chi connectivity index (χ0v) is 8.72. The van der Waals surface area contributed by atoms with Crippen LogP contribution in [0.1, 0.15) is 5.56 Å². The van der Waals surface area contributed by atoms with Gasteiger partial charge in [0.2, 0.25) is 0 Å². The van der Waals surface area contributed by atoms with Gasteiger partial charge in [0.15, 0.2) is 0 Å². The van der Waals surface area contributed by atoms with E-state index in [-0.39, 0.29) is 5.75 Å². The molecule has 0 aliphatic heterocycles. The molecule has 0 bridgehead atoms. The van der Waals surface area contributed by atoms with E-state index in [1.54, 1.807) is 12.1 Å². The fourth-order valence-corrected chi connectivity index (χ4v) is 1.66. The molecule has 2 heteroatoms. The molecule has 78 valence electrons. The highest BCUT2D eigenvalue weighted by Crippen LogP contribution is 2.28. The fourth-order valence-electron chi connectivity index (χ4n) is 1.66. The van der Waals surface area contributed by atoms with Crippen LogP contribution in [0.2, 0.25) is 0 Å². The fraction of sp³-hybridized carbons (Fsp3) is 0.0714. The summed E-state index contributed by atoms with van der Waals surface area (Å²) in [5.41, 5.74) is 2.69. The van der Waals surface area contributed by atoms with Gasteiger partial charge in [0.1, 0.15) is 5.75 Å². The Morgan fingerprint density at radius 1 is 1.06 bits per heavy atom. The van der Waals surface area contributed by atoms with Gasteiger partial charge in [-0.3, -0.25) is 0 Å². The summed E-state index contributed by atoms with van der Waals surface area (Å²) in [5, 5.41) is 18.4. The first kappa shape index (κ1) is 10.3. The van der Waals surface area contributed by atoms with E-state index in [9.17, 15) is 5.11 Å². The molecule has 0 saturated carbocycles. The van der Waals surface area contributed by atoms with Crippen LogP contribution in [-0.4, -0.2) is 5.11 Å². The van der Waals surface area contributed by atoms with Gasteiger partial charge in [-0.25, -0.2) is 0 Å². The second kappa shape index (κ2) is 4.50. The molecule has 0 radical (unpaired) electrons. The van der Waals surface area contributed by atoms with E-state index in [2.05, 4.69) is 6.07 Å². The Labute approximate surface area is 94.4 Å². The Morgan fingerprint density at radius 3 is 2.62 bits per heavy atom. The number of nitriles is 1. The summed E-state index contributed by atoms with van der Waals surface area (Å²) >= 11 is 0. The molecule has 0 saturated heterocycles. The third-order valence-electron chi connectivity index (χ3n) is 2.43. The zero-order chi connectivity index (χ0) is 11.4. The molecule has 2 aromatic rings. The Kier molecular flexibility index (Phi) is 2.88. The molecule has 0 fully saturated rings. The molecule has 1 N–H and O–H groups in total. The molecule has 0 aliphatic carbocycles. The van der Waals surface area contributed by atoms with Gasteiger partial charge in [0, 0.05) is 5.56 Å². The standard InChI is InChI=1S/C14H11NO/c15-9-8-11-4-3-5-12(10-11)13-6-1-2-7-14(13)16/h1-7,10,16H,8H2. The van der Waals surface area contributed by atoms with Crippen molar-refractivity contribution in [1.82, 2.24) is 0 Å². The lowest BCUT2D eigenvalue weighted by Gasteiger charge is -2.05. The van der Waals surface area contributed by atoms with Crippen LogP contribution in [0.4, 0.5) is 0 Å². The number of rotatable bonds is 2. The second-order valence-electron chi connectivity index (χ2n) is 3.55. The Hall–Kier alpha value is -2.27. The molecule has 0 spiro atoms. The van der Waals surface area contributed by atoms with Crippen molar-refractivity contribution in [2.75, 3.05) is 0 Å². The monoisotopic (exact) mass is 209 g/mol. The van der Waals surface area contributed by atoms with Crippen molar-refractivity contribution >= 4 is 0 Å². The van der Waals surface area contributed by atoms with Crippen molar-refractivity contribution in [3.8, 4) is 22.9 Å². The summed E-state index contributed by atoms with van der Waals surface area (Å²) in [6.07, 6.45) is 0.390. The molecule has 0 atom stereocenters. The molecule has 2 aromatic carbocycles. The highest BCUT2D eigenvalue weighted by Gasteiger charge is 2.03. The number of benzene rings is 2. The first-order valence-corrected chi connectivity index (χ1v) is 5.05. The Bertz CT molecular complexity index is 540. The van der Waals surface area contributed by atoms with Gasteiger partial charge in [-0.1, -0.05) is 36.4 Å². The largest absolute Gasteiger partial charge is 0.507 e. The molecular weight excluding hydrogens is 198 g/mol. The number of hydrogen-bond donors (Lipinski definition) is 1. The lowest BCUT2D eigenvalue weighted by molar-refractivity contribution is 0.477. The summed E-state index contributed by atoms with van der Waals surface area (Å²) in [5.74, 6) is 0.261. The van der Waals surface area contributed by atoms with Crippen molar-refractivity contribution in [2.45, 2.75) is 6.42 Å². The number of phenols is 1. The van der Waals surface area contributed by atoms with Crippen molar-refractivity contribution in [1.29, 1.82) is 5.26 Å². The minimum atomic E-state index is 0.261. The van der Waals surface area contributed by atoms with E-state index in [4.69, 9.17) is 5.26 Å². The van der Waals surface area contributed by atoms with Gasteiger partial charge in [-0.05, 0) is 23.3 Å². The topological polar surface area (TPSA) is 44.0 Å². The molecule has 0 amide bonds. The van der Waals surface area contributed by atoms with Gasteiger partial charge in [-0.15, -0.1) is 0 Å². The number of para-hydroxylation sites is 1. The van der Waals surface area contributed by atoms with E-state index in [1.165, 1.54) is 0 Å². The quantitative estimate of drug-likeness (QED) is 0.825. The van der Waals surface area contributed by atoms with Gasteiger partial charge in [0.25, 0.3) is 0 Å². The van der Waals surface area contributed by atoms with E-state index < -0.39 is 0 Å². The lowest BCUT2D eigenvalue weighted by Crippen LogP contribution is -1.84. The summed E-state index contributed by atoms with van der Waals surface area (Å²) in [6, 6.07) is 17.0. The number of aromatic hydroxyl groups is 1.